The molecule has 0 spiro atoms. The van der Waals surface area contributed by atoms with Gasteiger partial charge in [-0.25, -0.2) is 19.4 Å². The molecule has 37 heavy (non-hydrogen) atoms. The molecule has 1 aromatic carbocycles. The van der Waals surface area contributed by atoms with E-state index < -0.39 is 5.66 Å². The number of halogens is 1. The Kier molecular flexibility index (Phi) is 6.60. The number of thiazole rings is 1. The molecule has 3 atom stereocenters. The largest absolute Gasteiger partial charge is 0.393 e. The summed E-state index contributed by atoms with van der Waals surface area (Å²) in [7, 11) is 2.08. The van der Waals surface area contributed by atoms with Crippen LogP contribution in [0.3, 0.4) is 0 Å². The number of piperidine rings is 1. The van der Waals surface area contributed by atoms with Crippen LogP contribution in [0.5, 0.6) is 0 Å². The van der Waals surface area contributed by atoms with E-state index in [1.54, 1.807) is 23.5 Å². The quantitative estimate of drug-likeness (QED) is 0.624. The van der Waals surface area contributed by atoms with Crippen LogP contribution in [0.1, 0.15) is 32.6 Å². The highest BCUT2D eigenvalue weighted by Gasteiger charge is 2.55. The average Bonchev–Trinajstić information content (AvgIpc) is 3.67. The first-order valence-corrected chi connectivity index (χ1v) is 14.1. The van der Waals surface area contributed by atoms with Gasteiger partial charge in [0.1, 0.15) is 11.7 Å². The van der Waals surface area contributed by atoms with E-state index in [9.17, 15) is 9.50 Å². The van der Waals surface area contributed by atoms with Gasteiger partial charge < -0.3 is 10.0 Å². The summed E-state index contributed by atoms with van der Waals surface area (Å²) in [6.45, 7) is 6.05. The van der Waals surface area contributed by atoms with Crippen LogP contribution >= 0.6 is 11.3 Å². The topological polar surface area (TPSA) is 70.8 Å². The number of allylic oxidation sites excluding steroid dienone is 1. The molecule has 0 radical (unpaired) electrons. The number of hydrogen-bond donors (Lipinski definition) is 1. The van der Waals surface area contributed by atoms with Gasteiger partial charge in [0.05, 0.1) is 11.8 Å². The van der Waals surface area contributed by atoms with Gasteiger partial charge in [-0.05, 0) is 62.1 Å². The Morgan fingerprint density at radius 2 is 1.95 bits per heavy atom. The van der Waals surface area contributed by atoms with E-state index in [2.05, 4.69) is 28.7 Å². The summed E-state index contributed by atoms with van der Waals surface area (Å²) in [6.07, 6.45) is 9.15. The molecule has 4 aliphatic heterocycles. The van der Waals surface area contributed by atoms with Gasteiger partial charge >= 0.3 is 0 Å². The molecule has 196 valence electrons. The van der Waals surface area contributed by atoms with Crippen molar-refractivity contribution < 1.29 is 9.50 Å². The molecule has 6 rings (SSSR count). The summed E-state index contributed by atoms with van der Waals surface area (Å²) in [6, 6.07) is 6.96. The zero-order valence-electron chi connectivity index (χ0n) is 21.4. The Morgan fingerprint density at radius 3 is 2.70 bits per heavy atom. The molecule has 0 bridgehead atoms. The molecule has 0 aliphatic carbocycles. The van der Waals surface area contributed by atoms with Gasteiger partial charge in [0.15, 0.2) is 17.0 Å². The zero-order valence-corrected chi connectivity index (χ0v) is 22.2. The summed E-state index contributed by atoms with van der Waals surface area (Å²) < 4.78 is 13.5. The summed E-state index contributed by atoms with van der Waals surface area (Å²) in [4.78, 5) is 17.6. The van der Waals surface area contributed by atoms with Crippen molar-refractivity contribution in [1.82, 2.24) is 19.8 Å². The van der Waals surface area contributed by atoms with Crippen LogP contribution in [0, 0.1) is 5.82 Å². The lowest BCUT2D eigenvalue weighted by Gasteiger charge is -2.45. The van der Waals surface area contributed by atoms with E-state index in [0.717, 1.165) is 74.1 Å². The second-order valence-corrected chi connectivity index (χ2v) is 11.2. The number of amidine groups is 1. The standard InChI is InChI=1S/C27H34FN7OS/c1-3-27(34-16-10-21(17-34)33-14-11-22(36)12-15-33)25(35-24(31-27)5-4-13-29-35)32(2)26-30-23(18-37-26)19-6-8-20(28)9-7-19/h4-9,13,18,21-22,25,36H,3,10-12,14-17H2,1-2H3. The molecule has 2 saturated heterocycles. The van der Waals surface area contributed by atoms with Crippen molar-refractivity contribution in [2.75, 3.05) is 38.1 Å². The van der Waals surface area contributed by atoms with Crippen LogP contribution < -0.4 is 4.90 Å². The monoisotopic (exact) mass is 523 g/mol. The van der Waals surface area contributed by atoms with Crippen LogP contribution in [0.2, 0.25) is 0 Å². The number of hydrogen-bond acceptors (Lipinski definition) is 9. The maximum Gasteiger partial charge on any atom is 0.187 e. The van der Waals surface area contributed by atoms with Gasteiger partial charge in [-0.1, -0.05) is 6.92 Å². The van der Waals surface area contributed by atoms with Crippen LogP contribution in [-0.4, -0.2) is 94.2 Å². The van der Waals surface area contributed by atoms with Gasteiger partial charge in [-0.15, -0.1) is 11.3 Å². The lowest BCUT2D eigenvalue weighted by atomic mass is 10.0. The summed E-state index contributed by atoms with van der Waals surface area (Å²) in [5.41, 5.74) is 1.26. The predicted molar refractivity (Wildman–Crippen MR) is 146 cm³/mol. The van der Waals surface area contributed by atoms with Crippen molar-refractivity contribution in [2.24, 2.45) is 10.1 Å². The second-order valence-electron chi connectivity index (χ2n) is 10.3. The fourth-order valence-electron chi connectivity index (χ4n) is 6.22. The van der Waals surface area contributed by atoms with Gasteiger partial charge in [-0.2, -0.15) is 5.10 Å². The highest BCUT2D eigenvalue weighted by atomic mass is 32.1. The van der Waals surface area contributed by atoms with E-state index in [4.69, 9.17) is 15.1 Å². The predicted octanol–water partition coefficient (Wildman–Crippen LogP) is 3.62. The Hall–Kier alpha value is -2.66. The minimum atomic E-state index is -0.470. The molecule has 1 N–H and O–H groups in total. The lowest BCUT2D eigenvalue weighted by molar-refractivity contribution is 0.0378. The summed E-state index contributed by atoms with van der Waals surface area (Å²) in [5, 5.41) is 19.7. The molecular weight excluding hydrogens is 489 g/mol. The average molecular weight is 524 g/mol. The number of anilines is 1. The first-order chi connectivity index (χ1) is 18.0. The van der Waals surface area contributed by atoms with Crippen LogP contribution in [0.25, 0.3) is 11.3 Å². The molecule has 2 fully saturated rings. The van der Waals surface area contributed by atoms with Crippen molar-refractivity contribution in [3.8, 4) is 11.3 Å². The minimum Gasteiger partial charge on any atom is -0.393 e. The third-order valence-corrected chi connectivity index (χ3v) is 9.19. The zero-order chi connectivity index (χ0) is 25.6. The number of aliphatic hydroxyl groups is 1. The number of likely N-dealkylation sites (N-methyl/N-ethyl adjacent to an activating group) is 1. The fraction of sp³-hybridized carbons (Fsp3) is 0.519. The summed E-state index contributed by atoms with van der Waals surface area (Å²) in [5.74, 6) is 0.626. The van der Waals surface area contributed by atoms with Gasteiger partial charge in [-0.3, -0.25) is 9.80 Å². The highest BCUT2D eigenvalue weighted by Crippen LogP contribution is 2.42. The van der Waals surface area contributed by atoms with Crippen LogP contribution in [-0.2, 0) is 0 Å². The number of fused-ring (bicyclic) bond motifs is 1. The molecule has 1 aromatic heterocycles. The lowest BCUT2D eigenvalue weighted by Crippen LogP contribution is -2.62. The molecule has 5 heterocycles. The number of aromatic nitrogens is 1. The van der Waals surface area contributed by atoms with Crippen LogP contribution in [0.4, 0.5) is 9.52 Å². The first kappa shape index (κ1) is 24.7. The molecular formula is C27H34FN7OS. The van der Waals surface area contributed by atoms with Crippen molar-refractivity contribution in [3.05, 3.63) is 47.6 Å². The molecule has 0 amide bonds. The Balaban J connectivity index is 1.29. The van der Waals surface area contributed by atoms with E-state index in [-0.39, 0.29) is 18.1 Å². The van der Waals surface area contributed by atoms with Crippen molar-refractivity contribution >= 4 is 28.5 Å². The highest BCUT2D eigenvalue weighted by molar-refractivity contribution is 7.14. The number of aliphatic imine (C=N–C) groups is 1. The maximum absolute atomic E-state index is 13.5. The van der Waals surface area contributed by atoms with Crippen molar-refractivity contribution in [2.45, 2.75) is 56.6 Å². The number of rotatable bonds is 6. The van der Waals surface area contributed by atoms with E-state index in [1.807, 2.05) is 28.8 Å². The Labute approximate surface area is 221 Å². The van der Waals surface area contributed by atoms with Crippen LogP contribution in [0.15, 0.2) is 51.9 Å². The maximum atomic E-state index is 13.5. The van der Waals surface area contributed by atoms with Gasteiger partial charge in [0, 0.05) is 56.4 Å². The SMILES string of the molecule is CCC1(N2CCC(N3CCC(O)CC3)C2)N=C2C=CC=NN2C1N(C)c1nc(-c2ccc(F)cc2)cs1. The molecule has 0 saturated carbocycles. The van der Waals surface area contributed by atoms with E-state index >= 15 is 0 Å². The second kappa shape index (κ2) is 9.90. The van der Waals surface area contributed by atoms with Gasteiger partial charge in [0.2, 0.25) is 0 Å². The molecule has 2 aromatic rings. The Morgan fingerprint density at radius 1 is 1.16 bits per heavy atom. The smallest absolute Gasteiger partial charge is 0.187 e. The number of hydrazone groups is 1. The number of nitrogens with zero attached hydrogens (tertiary/aromatic N) is 7. The Bertz CT molecular complexity index is 1210. The summed E-state index contributed by atoms with van der Waals surface area (Å²) >= 11 is 1.58. The molecule has 10 heteroatoms. The van der Waals surface area contributed by atoms with Crippen molar-refractivity contribution in [3.63, 3.8) is 0 Å². The molecule has 8 nitrogen and oxygen atoms in total. The van der Waals surface area contributed by atoms with Gasteiger partial charge in [0.25, 0.3) is 0 Å². The minimum absolute atomic E-state index is 0.150. The molecule has 4 aliphatic rings. The van der Waals surface area contributed by atoms with Crippen molar-refractivity contribution in [1.29, 1.82) is 0 Å². The number of benzene rings is 1. The first-order valence-electron chi connectivity index (χ1n) is 13.2. The third kappa shape index (κ3) is 4.39. The fourth-order valence-corrected chi connectivity index (χ4v) is 7.05. The van der Waals surface area contributed by atoms with E-state index in [1.165, 1.54) is 12.1 Å². The third-order valence-electron chi connectivity index (χ3n) is 8.26. The van der Waals surface area contributed by atoms with E-state index in [0.29, 0.717) is 6.04 Å². The molecule has 3 unspecified atom stereocenters. The number of aliphatic hydroxyl groups excluding tert-OH is 1. The normalized spacial score (nSPS) is 28.6. The number of likely N-dealkylation sites (tertiary alicyclic amines) is 2.